The van der Waals surface area contributed by atoms with E-state index in [1.807, 2.05) is 18.2 Å². The van der Waals surface area contributed by atoms with Gasteiger partial charge in [-0.15, -0.1) is 0 Å². The number of aromatic amines is 1. The zero-order valence-electron chi connectivity index (χ0n) is 17.1. The highest BCUT2D eigenvalue weighted by Gasteiger charge is 2.33. The molecule has 1 aliphatic carbocycles. The largest absolute Gasteiger partial charge is 0.357 e. The first kappa shape index (κ1) is 20.0. The van der Waals surface area contributed by atoms with Crippen molar-refractivity contribution in [1.82, 2.24) is 19.7 Å². The topological polar surface area (TPSA) is 87.7 Å². The van der Waals surface area contributed by atoms with Crippen molar-refractivity contribution in [2.75, 3.05) is 0 Å². The number of hydrogen-bond donors (Lipinski definition) is 2. The first-order chi connectivity index (χ1) is 13.7. The van der Waals surface area contributed by atoms with E-state index in [-0.39, 0.29) is 6.04 Å². The first-order valence-corrected chi connectivity index (χ1v) is 11.6. The van der Waals surface area contributed by atoms with E-state index in [1.54, 1.807) is 33.2 Å². The van der Waals surface area contributed by atoms with Gasteiger partial charge in [-0.25, -0.2) is 18.1 Å². The van der Waals surface area contributed by atoms with E-state index in [0.717, 1.165) is 48.0 Å². The van der Waals surface area contributed by atoms with Crippen molar-refractivity contribution in [3.63, 3.8) is 0 Å². The predicted molar refractivity (Wildman–Crippen MR) is 116 cm³/mol. The Balaban J connectivity index is 1.46. The first-order valence-electron chi connectivity index (χ1n) is 10.1. The van der Waals surface area contributed by atoms with Gasteiger partial charge in [0.1, 0.15) is 0 Å². The summed E-state index contributed by atoms with van der Waals surface area (Å²) in [5.74, 6) is 0.406. The maximum Gasteiger partial charge on any atom is 0.216 e. The van der Waals surface area contributed by atoms with Gasteiger partial charge in [-0.1, -0.05) is 0 Å². The Labute approximate surface area is 172 Å². The van der Waals surface area contributed by atoms with E-state index < -0.39 is 14.8 Å². The number of nitrogens with zero attached hydrogens (tertiary/aromatic N) is 2. The average molecular weight is 413 g/mol. The number of sulfonamides is 1. The van der Waals surface area contributed by atoms with Crippen LogP contribution < -0.4 is 4.72 Å². The number of fused-ring (bicyclic) bond motifs is 1. The second kappa shape index (κ2) is 7.54. The lowest BCUT2D eigenvalue weighted by atomic mass is 9.84. The second-order valence-electron chi connectivity index (χ2n) is 8.87. The molecule has 154 valence electrons. The lowest BCUT2D eigenvalue weighted by molar-refractivity contribution is 0.368. The zero-order valence-corrected chi connectivity index (χ0v) is 18.0. The molecule has 0 bridgehead atoms. The maximum atomic E-state index is 12.4. The van der Waals surface area contributed by atoms with Gasteiger partial charge in [0, 0.05) is 29.7 Å². The van der Waals surface area contributed by atoms with Crippen LogP contribution in [0.5, 0.6) is 0 Å². The molecule has 3 aromatic rings. The SMILES string of the molecule is CC(C)(C)S(=O)(=O)N[C@H]1CC[C@H](c2cc3nc(-c4ccncc4)ccc3[nH]2)CC1. The van der Waals surface area contributed by atoms with Gasteiger partial charge in [0.2, 0.25) is 10.0 Å². The van der Waals surface area contributed by atoms with Crippen LogP contribution in [-0.2, 0) is 10.0 Å². The summed E-state index contributed by atoms with van der Waals surface area (Å²) in [6.07, 6.45) is 7.17. The van der Waals surface area contributed by atoms with Gasteiger partial charge < -0.3 is 4.98 Å². The number of rotatable bonds is 4. The van der Waals surface area contributed by atoms with Gasteiger partial charge in [0.25, 0.3) is 0 Å². The molecule has 3 aromatic heterocycles. The van der Waals surface area contributed by atoms with Crippen LogP contribution in [-0.4, -0.2) is 34.2 Å². The third-order valence-corrected chi connectivity index (χ3v) is 8.02. The van der Waals surface area contributed by atoms with E-state index in [4.69, 9.17) is 4.98 Å². The molecule has 0 aromatic carbocycles. The number of pyridine rings is 2. The Morgan fingerprint density at radius 1 is 1.03 bits per heavy atom. The molecule has 0 unspecified atom stereocenters. The van der Waals surface area contributed by atoms with Crippen LogP contribution in [0.2, 0.25) is 0 Å². The lowest BCUT2D eigenvalue weighted by Gasteiger charge is -2.31. The fourth-order valence-electron chi connectivity index (χ4n) is 3.85. The van der Waals surface area contributed by atoms with Gasteiger partial charge >= 0.3 is 0 Å². The third kappa shape index (κ3) is 4.21. The van der Waals surface area contributed by atoms with Crippen LogP contribution in [0.4, 0.5) is 0 Å². The van der Waals surface area contributed by atoms with Crippen molar-refractivity contribution in [3.05, 3.63) is 48.4 Å². The molecule has 1 fully saturated rings. The van der Waals surface area contributed by atoms with Crippen LogP contribution >= 0.6 is 0 Å². The Bertz CT molecular complexity index is 1090. The molecule has 6 nitrogen and oxygen atoms in total. The molecule has 1 aliphatic rings. The molecular formula is C22H28N4O2S. The summed E-state index contributed by atoms with van der Waals surface area (Å²) in [6.45, 7) is 5.20. The maximum absolute atomic E-state index is 12.4. The van der Waals surface area contributed by atoms with Gasteiger partial charge in [-0.3, -0.25) is 4.98 Å². The van der Waals surface area contributed by atoms with Gasteiger partial charge in [-0.2, -0.15) is 0 Å². The minimum absolute atomic E-state index is 0.0243. The third-order valence-electron chi connectivity index (χ3n) is 5.77. The van der Waals surface area contributed by atoms with Crippen LogP contribution in [0.3, 0.4) is 0 Å². The molecule has 29 heavy (non-hydrogen) atoms. The smallest absolute Gasteiger partial charge is 0.216 e. The van der Waals surface area contributed by atoms with E-state index in [2.05, 4.69) is 26.8 Å². The van der Waals surface area contributed by atoms with Crippen molar-refractivity contribution in [2.45, 2.75) is 63.2 Å². The molecular weight excluding hydrogens is 384 g/mol. The summed E-state index contributed by atoms with van der Waals surface area (Å²) in [4.78, 5) is 12.4. The Morgan fingerprint density at radius 3 is 2.38 bits per heavy atom. The molecule has 2 N–H and O–H groups in total. The number of H-pyrrole nitrogens is 1. The standard InChI is InChI=1S/C22H28N4O2S/c1-22(2,3)29(27,28)26-17-6-4-15(5-7-17)20-14-21-19(25-20)9-8-18(24-21)16-10-12-23-13-11-16/h8-15,17,25-26H,4-7H2,1-3H3/t15-,17-. The minimum atomic E-state index is -3.30. The molecule has 0 spiro atoms. The summed E-state index contributed by atoms with van der Waals surface area (Å²) in [6, 6.07) is 10.2. The highest BCUT2D eigenvalue weighted by atomic mass is 32.2. The molecule has 7 heteroatoms. The van der Waals surface area contributed by atoms with Crippen LogP contribution in [0, 0.1) is 0 Å². The van der Waals surface area contributed by atoms with Crippen molar-refractivity contribution >= 4 is 21.1 Å². The Hall–Kier alpha value is -2.25. The molecule has 4 rings (SSSR count). The van der Waals surface area contributed by atoms with E-state index in [0.29, 0.717) is 5.92 Å². The average Bonchev–Trinajstić information content (AvgIpc) is 3.11. The molecule has 0 saturated heterocycles. The molecule has 3 heterocycles. The summed E-state index contributed by atoms with van der Waals surface area (Å²) >= 11 is 0. The minimum Gasteiger partial charge on any atom is -0.357 e. The zero-order chi connectivity index (χ0) is 20.6. The monoisotopic (exact) mass is 412 g/mol. The van der Waals surface area contributed by atoms with Crippen molar-refractivity contribution in [3.8, 4) is 11.3 Å². The van der Waals surface area contributed by atoms with Crippen molar-refractivity contribution < 1.29 is 8.42 Å². The van der Waals surface area contributed by atoms with Gasteiger partial charge in [-0.05, 0) is 82.7 Å². The van der Waals surface area contributed by atoms with Crippen LogP contribution in [0.1, 0.15) is 58.1 Å². The Morgan fingerprint density at radius 2 is 1.72 bits per heavy atom. The van der Waals surface area contributed by atoms with Crippen LogP contribution in [0.15, 0.2) is 42.7 Å². The molecule has 1 saturated carbocycles. The quantitative estimate of drug-likeness (QED) is 0.666. The highest BCUT2D eigenvalue weighted by Crippen LogP contribution is 2.34. The summed E-state index contributed by atoms with van der Waals surface area (Å²) in [7, 11) is -3.30. The highest BCUT2D eigenvalue weighted by molar-refractivity contribution is 7.90. The molecule has 0 amide bonds. The van der Waals surface area contributed by atoms with Gasteiger partial charge in [0.15, 0.2) is 0 Å². The summed E-state index contributed by atoms with van der Waals surface area (Å²) < 4.78 is 26.9. The summed E-state index contributed by atoms with van der Waals surface area (Å²) in [5.41, 5.74) is 5.18. The van der Waals surface area contributed by atoms with Crippen molar-refractivity contribution in [2.24, 2.45) is 0 Å². The molecule has 0 aliphatic heterocycles. The second-order valence-corrected chi connectivity index (χ2v) is 11.3. The normalized spacial score (nSPS) is 20.8. The van der Waals surface area contributed by atoms with Crippen LogP contribution in [0.25, 0.3) is 22.3 Å². The molecule has 0 radical (unpaired) electrons. The lowest BCUT2D eigenvalue weighted by Crippen LogP contribution is -2.45. The van der Waals surface area contributed by atoms with E-state index in [9.17, 15) is 8.42 Å². The molecule has 0 atom stereocenters. The number of aromatic nitrogens is 3. The predicted octanol–water partition coefficient (Wildman–Crippen LogP) is 4.37. The Kier molecular flexibility index (Phi) is 5.21. The van der Waals surface area contributed by atoms with E-state index in [1.165, 1.54) is 5.69 Å². The fourth-order valence-corrected chi connectivity index (χ4v) is 4.88. The van der Waals surface area contributed by atoms with E-state index >= 15 is 0 Å². The van der Waals surface area contributed by atoms with Crippen molar-refractivity contribution in [1.29, 1.82) is 0 Å². The number of hydrogen-bond acceptors (Lipinski definition) is 4. The fraction of sp³-hybridized carbons (Fsp3) is 0.455. The van der Waals surface area contributed by atoms with Gasteiger partial charge in [0.05, 0.1) is 21.5 Å². The number of nitrogens with one attached hydrogen (secondary N) is 2. The summed E-state index contributed by atoms with van der Waals surface area (Å²) in [5, 5.41) is 0.